The van der Waals surface area contributed by atoms with Crippen LogP contribution in [-0.2, 0) is 14.3 Å². The zero-order chi connectivity index (χ0) is 13.2. The molecular weight excluding hydrogens is 236 g/mol. The monoisotopic (exact) mass is 252 g/mol. The third-order valence-electron chi connectivity index (χ3n) is 2.05. The van der Waals surface area contributed by atoms with E-state index in [1.165, 1.54) is 6.08 Å². The Morgan fingerprint density at radius 3 is 2.83 bits per heavy atom. The number of para-hydroxylation sites is 1. The van der Waals surface area contributed by atoms with Crippen LogP contribution >= 0.6 is 0 Å². The van der Waals surface area contributed by atoms with Gasteiger partial charge in [-0.05, 0) is 12.1 Å². The maximum absolute atomic E-state index is 10.4. The van der Waals surface area contributed by atoms with Gasteiger partial charge in [-0.25, -0.2) is 4.79 Å². The number of aliphatic carboxylic acids is 1. The second-order valence-electron chi connectivity index (χ2n) is 3.37. The molecule has 1 aromatic rings. The number of benzene rings is 1. The van der Waals surface area contributed by atoms with Gasteiger partial charge in [0.25, 0.3) is 0 Å². The van der Waals surface area contributed by atoms with E-state index in [4.69, 9.17) is 19.3 Å². The molecule has 0 aromatic heterocycles. The molecule has 1 aromatic carbocycles. The van der Waals surface area contributed by atoms with E-state index in [2.05, 4.69) is 0 Å². The maximum Gasteiger partial charge on any atom is 0.328 e. The first-order valence-electron chi connectivity index (χ1n) is 5.43. The highest BCUT2D eigenvalue weighted by atomic mass is 16.7. The summed E-state index contributed by atoms with van der Waals surface area (Å²) < 4.78 is 15.4. The third kappa shape index (κ3) is 5.47. The molecular formula is C13H16O5. The summed E-state index contributed by atoms with van der Waals surface area (Å²) in [6.07, 6.45) is 2.54. The first kappa shape index (κ1) is 14.2. The van der Waals surface area contributed by atoms with Crippen LogP contribution in [-0.4, -0.2) is 38.2 Å². The predicted octanol–water partition coefficient (Wildman–Crippen LogP) is 1.78. The second kappa shape index (κ2) is 8.27. The van der Waals surface area contributed by atoms with E-state index in [1.54, 1.807) is 25.3 Å². The normalized spacial score (nSPS) is 10.7. The number of carboxylic acid groups (broad SMARTS) is 1. The van der Waals surface area contributed by atoms with E-state index < -0.39 is 5.97 Å². The fourth-order valence-electron chi connectivity index (χ4n) is 1.22. The molecule has 0 heterocycles. The highest BCUT2D eigenvalue weighted by Gasteiger charge is 2.00. The van der Waals surface area contributed by atoms with Gasteiger partial charge in [-0.15, -0.1) is 0 Å². The van der Waals surface area contributed by atoms with Crippen molar-refractivity contribution in [3.8, 4) is 5.75 Å². The van der Waals surface area contributed by atoms with E-state index in [1.807, 2.05) is 6.07 Å². The number of methoxy groups -OCH3 is 1. The standard InChI is InChI=1S/C13H16O5/c1-16-8-9-17-10-18-12-5-3-2-4-11(12)6-7-13(14)15/h2-7H,8-10H2,1H3,(H,14,15)/b7-6+. The van der Waals surface area contributed by atoms with E-state index in [-0.39, 0.29) is 6.79 Å². The quantitative estimate of drug-likeness (QED) is 0.434. The molecule has 18 heavy (non-hydrogen) atoms. The molecule has 98 valence electrons. The summed E-state index contributed by atoms with van der Waals surface area (Å²) in [7, 11) is 1.59. The van der Waals surface area contributed by atoms with Gasteiger partial charge in [-0.2, -0.15) is 0 Å². The van der Waals surface area contributed by atoms with Gasteiger partial charge in [-0.3, -0.25) is 0 Å². The SMILES string of the molecule is COCCOCOc1ccccc1/C=C/C(=O)O. The number of hydrogen-bond acceptors (Lipinski definition) is 4. The molecule has 0 fully saturated rings. The van der Waals surface area contributed by atoms with E-state index in [0.717, 1.165) is 6.08 Å². The van der Waals surface area contributed by atoms with Crippen LogP contribution in [0.1, 0.15) is 5.56 Å². The summed E-state index contributed by atoms with van der Waals surface area (Å²) >= 11 is 0. The molecule has 0 radical (unpaired) electrons. The largest absolute Gasteiger partial charge is 0.478 e. The van der Waals surface area contributed by atoms with Crippen molar-refractivity contribution in [2.75, 3.05) is 27.1 Å². The minimum absolute atomic E-state index is 0.0985. The van der Waals surface area contributed by atoms with Crippen molar-refractivity contribution < 1.29 is 24.1 Å². The van der Waals surface area contributed by atoms with Crippen molar-refractivity contribution in [2.24, 2.45) is 0 Å². The van der Waals surface area contributed by atoms with Crippen molar-refractivity contribution in [1.82, 2.24) is 0 Å². The van der Waals surface area contributed by atoms with Crippen molar-refractivity contribution in [3.63, 3.8) is 0 Å². The van der Waals surface area contributed by atoms with Gasteiger partial charge in [-0.1, -0.05) is 18.2 Å². The van der Waals surface area contributed by atoms with Crippen LogP contribution in [0, 0.1) is 0 Å². The van der Waals surface area contributed by atoms with Crippen molar-refractivity contribution >= 4 is 12.0 Å². The number of rotatable bonds is 8. The molecule has 0 saturated heterocycles. The Balaban J connectivity index is 2.51. The van der Waals surface area contributed by atoms with Gasteiger partial charge in [0.2, 0.25) is 0 Å². The Morgan fingerprint density at radius 1 is 1.33 bits per heavy atom. The van der Waals surface area contributed by atoms with Gasteiger partial charge in [0.15, 0.2) is 6.79 Å². The molecule has 5 heteroatoms. The Hall–Kier alpha value is -1.85. The Morgan fingerprint density at radius 2 is 2.11 bits per heavy atom. The van der Waals surface area contributed by atoms with Gasteiger partial charge in [0, 0.05) is 18.7 Å². The molecule has 0 spiro atoms. The van der Waals surface area contributed by atoms with Crippen LogP contribution in [0.15, 0.2) is 30.3 Å². The van der Waals surface area contributed by atoms with Gasteiger partial charge >= 0.3 is 5.97 Å². The summed E-state index contributed by atoms with van der Waals surface area (Å²) in [6, 6.07) is 7.13. The molecule has 0 amide bonds. The summed E-state index contributed by atoms with van der Waals surface area (Å²) in [4.78, 5) is 10.4. The molecule has 0 bridgehead atoms. The molecule has 0 atom stereocenters. The highest BCUT2D eigenvalue weighted by molar-refractivity contribution is 5.85. The van der Waals surface area contributed by atoms with Crippen molar-refractivity contribution in [1.29, 1.82) is 0 Å². The molecule has 1 N–H and O–H groups in total. The highest BCUT2D eigenvalue weighted by Crippen LogP contribution is 2.19. The zero-order valence-corrected chi connectivity index (χ0v) is 10.2. The smallest absolute Gasteiger partial charge is 0.328 e. The van der Waals surface area contributed by atoms with Gasteiger partial charge in [0.1, 0.15) is 5.75 Å². The molecule has 5 nitrogen and oxygen atoms in total. The van der Waals surface area contributed by atoms with Crippen LogP contribution in [0.5, 0.6) is 5.75 Å². The summed E-state index contributed by atoms with van der Waals surface area (Å²) in [5.41, 5.74) is 0.690. The first-order chi connectivity index (χ1) is 8.74. The number of hydrogen-bond donors (Lipinski definition) is 1. The summed E-state index contributed by atoms with van der Waals surface area (Å²) in [6.45, 7) is 1.05. The lowest BCUT2D eigenvalue weighted by Crippen LogP contribution is -2.08. The summed E-state index contributed by atoms with van der Waals surface area (Å²) in [5.74, 6) is -0.423. The van der Waals surface area contributed by atoms with Crippen LogP contribution < -0.4 is 4.74 Å². The fourth-order valence-corrected chi connectivity index (χ4v) is 1.22. The van der Waals surface area contributed by atoms with Crippen molar-refractivity contribution in [3.05, 3.63) is 35.9 Å². The van der Waals surface area contributed by atoms with Crippen LogP contribution in [0.3, 0.4) is 0 Å². The molecule has 0 aliphatic heterocycles. The molecule has 0 unspecified atom stereocenters. The van der Waals surface area contributed by atoms with E-state index in [9.17, 15) is 4.79 Å². The third-order valence-corrected chi connectivity index (χ3v) is 2.05. The number of ether oxygens (including phenoxy) is 3. The van der Waals surface area contributed by atoms with Gasteiger partial charge in [0.05, 0.1) is 13.2 Å². The predicted molar refractivity (Wildman–Crippen MR) is 66.4 cm³/mol. The van der Waals surface area contributed by atoms with Crippen molar-refractivity contribution in [2.45, 2.75) is 0 Å². The molecule has 0 saturated carbocycles. The minimum atomic E-state index is -0.999. The number of carbonyl (C=O) groups is 1. The zero-order valence-electron chi connectivity index (χ0n) is 10.2. The minimum Gasteiger partial charge on any atom is -0.478 e. The van der Waals surface area contributed by atoms with E-state index in [0.29, 0.717) is 24.5 Å². The molecule has 0 aliphatic rings. The number of carboxylic acids is 1. The lowest BCUT2D eigenvalue weighted by molar-refractivity contribution is -0.131. The lowest BCUT2D eigenvalue weighted by Gasteiger charge is -2.09. The Labute approximate surface area is 106 Å². The Bertz CT molecular complexity index is 400. The van der Waals surface area contributed by atoms with Crippen LogP contribution in [0.25, 0.3) is 6.08 Å². The van der Waals surface area contributed by atoms with Crippen LogP contribution in [0.4, 0.5) is 0 Å². The Kier molecular flexibility index (Phi) is 6.53. The maximum atomic E-state index is 10.4. The molecule has 0 aliphatic carbocycles. The summed E-state index contributed by atoms with van der Waals surface area (Å²) in [5, 5.41) is 8.57. The van der Waals surface area contributed by atoms with E-state index >= 15 is 0 Å². The molecule has 1 rings (SSSR count). The van der Waals surface area contributed by atoms with Crippen LogP contribution in [0.2, 0.25) is 0 Å². The average molecular weight is 252 g/mol. The average Bonchev–Trinajstić information content (AvgIpc) is 2.37. The first-order valence-corrected chi connectivity index (χ1v) is 5.43. The topological polar surface area (TPSA) is 65.0 Å². The van der Waals surface area contributed by atoms with Gasteiger partial charge < -0.3 is 19.3 Å². The fraction of sp³-hybridized carbons (Fsp3) is 0.308. The lowest BCUT2D eigenvalue weighted by atomic mass is 10.2. The second-order valence-corrected chi connectivity index (χ2v) is 3.37.